The van der Waals surface area contributed by atoms with E-state index in [2.05, 4.69) is 20.2 Å². The Bertz CT molecular complexity index is 1450. The molecule has 0 bridgehead atoms. The number of H-pyrrole nitrogens is 1. The summed E-state index contributed by atoms with van der Waals surface area (Å²) < 4.78 is 5.43. The maximum atomic E-state index is 13.4. The number of anilines is 1. The summed E-state index contributed by atoms with van der Waals surface area (Å²) >= 11 is 5.97. The number of hydrogen-bond acceptors (Lipinski definition) is 5. The SMILES string of the molecule is COc1cccc(-c2cnc3[nH]ccc3c2N2CCN(C(=O)C(Cc3ccc(Cl)cc3)NC(=O)O)CC2)c1. The zero-order chi connectivity index (χ0) is 26.6. The molecule has 1 unspecified atom stereocenters. The molecule has 9 nitrogen and oxygen atoms in total. The van der Waals surface area contributed by atoms with Crippen molar-refractivity contribution in [1.29, 1.82) is 0 Å². The quantitative estimate of drug-likeness (QED) is 0.324. The zero-order valence-corrected chi connectivity index (χ0v) is 21.6. The smallest absolute Gasteiger partial charge is 0.405 e. The molecule has 1 saturated heterocycles. The number of carboxylic acid groups (broad SMARTS) is 1. The van der Waals surface area contributed by atoms with Gasteiger partial charge in [0.05, 0.1) is 12.8 Å². The third-order valence-electron chi connectivity index (χ3n) is 6.80. The number of benzene rings is 2. The predicted octanol–water partition coefficient (Wildman–Crippen LogP) is 4.42. The summed E-state index contributed by atoms with van der Waals surface area (Å²) in [6.45, 7) is 2.10. The molecular formula is C28H28ClN5O4. The number of fused-ring (bicyclic) bond motifs is 1. The molecule has 1 atom stereocenters. The van der Waals surface area contributed by atoms with Crippen molar-refractivity contribution in [3.63, 3.8) is 0 Å². The topological polar surface area (TPSA) is 111 Å². The van der Waals surface area contributed by atoms with E-state index in [1.54, 1.807) is 36.3 Å². The van der Waals surface area contributed by atoms with E-state index >= 15 is 0 Å². The predicted molar refractivity (Wildman–Crippen MR) is 147 cm³/mol. The Kier molecular flexibility index (Phi) is 7.37. The molecule has 3 heterocycles. The number of ether oxygens (including phenoxy) is 1. The van der Waals surface area contributed by atoms with Crippen molar-refractivity contribution >= 4 is 40.3 Å². The molecule has 1 fully saturated rings. The van der Waals surface area contributed by atoms with Gasteiger partial charge < -0.3 is 29.9 Å². The summed E-state index contributed by atoms with van der Waals surface area (Å²) in [5.74, 6) is 0.521. The second-order valence-electron chi connectivity index (χ2n) is 9.14. The number of nitrogens with zero attached hydrogens (tertiary/aromatic N) is 3. The van der Waals surface area contributed by atoms with Crippen LogP contribution in [-0.2, 0) is 11.2 Å². The molecule has 2 amide bonds. The van der Waals surface area contributed by atoms with Crippen LogP contribution in [0.3, 0.4) is 0 Å². The van der Waals surface area contributed by atoms with E-state index < -0.39 is 12.1 Å². The van der Waals surface area contributed by atoms with E-state index in [4.69, 9.17) is 16.3 Å². The second-order valence-corrected chi connectivity index (χ2v) is 9.57. The van der Waals surface area contributed by atoms with Crippen molar-refractivity contribution in [2.75, 3.05) is 38.2 Å². The fraction of sp³-hybridized carbons (Fsp3) is 0.250. The Hall–Kier alpha value is -4.24. The van der Waals surface area contributed by atoms with Crippen LogP contribution in [0.5, 0.6) is 5.75 Å². The molecular weight excluding hydrogens is 506 g/mol. The normalized spacial score (nSPS) is 14.4. The highest BCUT2D eigenvalue weighted by Gasteiger charge is 2.30. The van der Waals surface area contributed by atoms with Gasteiger partial charge in [-0.15, -0.1) is 0 Å². The molecule has 0 aliphatic carbocycles. The van der Waals surface area contributed by atoms with E-state index in [0.717, 1.165) is 39.2 Å². The van der Waals surface area contributed by atoms with Gasteiger partial charge in [-0.1, -0.05) is 35.9 Å². The largest absolute Gasteiger partial charge is 0.497 e. The van der Waals surface area contributed by atoms with Gasteiger partial charge >= 0.3 is 6.09 Å². The summed E-state index contributed by atoms with van der Waals surface area (Å²) in [4.78, 5) is 36.7. The number of piperazine rings is 1. The third-order valence-corrected chi connectivity index (χ3v) is 7.05. The zero-order valence-electron chi connectivity index (χ0n) is 20.9. The first-order chi connectivity index (χ1) is 18.4. The molecule has 1 aliphatic rings. The number of aromatic amines is 1. The number of methoxy groups -OCH3 is 1. The Labute approximate surface area is 225 Å². The van der Waals surface area contributed by atoms with Gasteiger partial charge in [0.2, 0.25) is 5.91 Å². The van der Waals surface area contributed by atoms with Crippen LogP contribution in [0, 0.1) is 0 Å². The summed E-state index contributed by atoms with van der Waals surface area (Å²) in [7, 11) is 1.64. The monoisotopic (exact) mass is 533 g/mol. The maximum Gasteiger partial charge on any atom is 0.405 e. The molecule has 4 aromatic rings. The fourth-order valence-electron chi connectivity index (χ4n) is 4.91. The molecule has 2 aromatic heterocycles. The van der Waals surface area contributed by atoms with Crippen LogP contribution in [-0.4, -0.2) is 71.3 Å². The summed E-state index contributed by atoms with van der Waals surface area (Å²) in [6, 6.07) is 16.1. The van der Waals surface area contributed by atoms with E-state index in [-0.39, 0.29) is 12.3 Å². The minimum Gasteiger partial charge on any atom is -0.497 e. The van der Waals surface area contributed by atoms with E-state index in [1.807, 2.05) is 42.7 Å². The van der Waals surface area contributed by atoms with Gasteiger partial charge in [0, 0.05) is 61.0 Å². The molecule has 38 heavy (non-hydrogen) atoms. The van der Waals surface area contributed by atoms with Crippen LogP contribution in [0.2, 0.25) is 5.02 Å². The maximum absolute atomic E-state index is 13.4. The van der Waals surface area contributed by atoms with Gasteiger partial charge in [-0.2, -0.15) is 0 Å². The van der Waals surface area contributed by atoms with Crippen molar-refractivity contribution in [2.24, 2.45) is 0 Å². The highest BCUT2D eigenvalue weighted by atomic mass is 35.5. The molecule has 2 aromatic carbocycles. The number of rotatable bonds is 7. The standard InChI is InChI=1S/C28H28ClN5O4/c1-38-21-4-2-3-19(16-21)23-17-31-26-22(9-10-30-26)25(23)33-11-13-34(14-12-33)27(35)24(32-28(36)37)15-18-5-7-20(29)8-6-18/h2-10,16-17,24,32H,11-15H2,1H3,(H,30,31)(H,36,37). The second kappa shape index (κ2) is 11.0. The molecule has 0 radical (unpaired) electrons. The van der Waals surface area contributed by atoms with Crippen molar-refractivity contribution in [3.05, 3.63) is 77.6 Å². The molecule has 5 rings (SSSR count). The molecule has 196 valence electrons. The summed E-state index contributed by atoms with van der Waals surface area (Å²) in [5, 5.41) is 13.4. The highest BCUT2D eigenvalue weighted by molar-refractivity contribution is 6.30. The van der Waals surface area contributed by atoms with Gasteiger partial charge in [0.15, 0.2) is 0 Å². The molecule has 1 aliphatic heterocycles. The average molecular weight is 534 g/mol. The van der Waals surface area contributed by atoms with Gasteiger partial charge in [0.1, 0.15) is 17.4 Å². The number of halogens is 1. The first kappa shape index (κ1) is 25.4. The van der Waals surface area contributed by atoms with Crippen molar-refractivity contribution < 1.29 is 19.4 Å². The van der Waals surface area contributed by atoms with E-state index in [1.165, 1.54) is 0 Å². The van der Waals surface area contributed by atoms with Crippen molar-refractivity contribution in [3.8, 4) is 16.9 Å². The van der Waals surface area contributed by atoms with Gasteiger partial charge in [-0.05, 0) is 41.5 Å². The lowest BCUT2D eigenvalue weighted by Gasteiger charge is -2.38. The molecule has 3 N–H and O–H groups in total. The van der Waals surface area contributed by atoms with Gasteiger partial charge in [-0.25, -0.2) is 9.78 Å². The number of carbonyl (C=O) groups is 2. The number of aromatic nitrogens is 2. The number of pyridine rings is 1. The lowest BCUT2D eigenvalue weighted by Crippen LogP contribution is -2.55. The molecule has 10 heteroatoms. The average Bonchev–Trinajstić information content (AvgIpc) is 3.42. The van der Waals surface area contributed by atoms with Crippen LogP contribution in [0.25, 0.3) is 22.2 Å². The number of amides is 2. The summed E-state index contributed by atoms with van der Waals surface area (Å²) in [5.41, 5.74) is 4.62. The minimum absolute atomic E-state index is 0.239. The van der Waals surface area contributed by atoms with Crippen LogP contribution < -0.4 is 15.0 Å². The van der Waals surface area contributed by atoms with Gasteiger partial charge in [-0.3, -0.25) is 4.79 Å². The number of nitrogens with one attached hydrogen (secondary N) is 2. The van der Waals surface area contributed by atoms with Crippen LogP contribution in [0.15, 0.2) is 67.0 Å². The Balaban J connectivity index is 1.37. The highest BCUT2D eigenvalue weighted by Crippen LogP contribution is 2.37. The Morgan fingerprint density at radius 2 is 1.89 bits per heavy atom. The fourth-order valence-corrected chi connectivity index (χ4v) is 5.04. The third kappa shape index (κ3) is 5.38. The number of hydrogen-bond donors (Lipinski definition) is 3. The van der Waals surface area contributed by atoms with E-state index in [0.29, 0.717) is 31.2 Å². The van der Waals surface area contributed by atoms with Gasteiger partial charge in [0.25, 0.3) is 0 Å². The van der Waals surface area contributed by atoms with Crippen LogP contribution in [0.1, 0.15) is 5.56 Å². The van der Waals surface area contributed by atoms with Crippen LogP contribution in [0.4, 0.5) is 10.5 Å². The lowest BCUT2D eigenvalue weighted by atomic mass is 10.0. The molecule has 0 spiro atoms. The van der Waals surface area contributed by atoms with E-state index in [9.17, 15) is 14.7 Å². The minimum atomic E-state index is -1.23. The Morgan fingerprint density at radius 1 is 1.13 bits per heavy atom. The Morgan fingerprint density at radius 3 is 2.61 bits per heavy atom. The first-order valence-electron chi connectivity index (χ1n) is 12.3. The lowest BCUT2D eigenvalue weighted by molar-refractivity contribution is -0.133. The molecule has 0 saturated carbocycles. The van der Waals surface area contributed by atoms with Crippen molar-refractivity contribution in [1.82, 2.24) is 20.2 Å². The summed E-state index contributed by atoms with van der Waals surface area (Å²) in [6.07, 6.45) is 2.75. The van der Waals surface area contributed by atoms with Crippen LogP contribution >= 0.6 is 11.6 Å². The first-order valence-corrected chi connectivity index (χ1v) is 12.7. The number of carbonyl (C=O) groups excluding carboxylic acids is 1. The van der Waals surface area contributed by atoms with Crippen molar-refractivity contribution in [2.45, 2.75) is 12.5 Å².